The minimum atomic E-state index is -4.62. The first-order valence-electron chi connectivity index (χ1n) is 10.1. The van der Waals surface area contributed by atoms with Crippen molar-refractivity contribution in [1.82, 2.24) is 14.9 Å². The number of fused-ring (bicyclic) bond motifs is 2. The second-order valence-electron chi connectivity index (χ2n) is 7.71. The summed E-state index contributed by atoms with van der Waals surface area (Å²) in [6.07, 6.45) is -3.59. The number of halogens is 4. The van der Waals surface area contributed by atoms with Crippen molar-refractivity contribution in [1.29, 1.82) is 5.41 Å². The second kappa shape index (κ2) is 8.52. The van der Waals surface area contributed by atoms with Gasteiger partial charge in [-0.05, 0) is 12.1 Å². The maximum absolute atomic E-state index is 15.0. The number of benzene rings is 1. The fourth-order valence-corrected chi connectivity index (χ4v) is 4.00. The van der Waals surface area contributed by atoms with Gasteiger partial charge in [0.2, 0.25) is 0 Å². The highest BCUT2D eigenvalue weighted by Gasteiger charge is 2.36. The maximum Gasteiger partial charge on any atom is 0.433 e. The Kier molecular flexibility index (Phi) is 5.86. The molecule has 178 valence electrons. The fraction of sp³-hybridized carbons (Fsp3) is 0.273. The largest absolute Gasteiger partial charge is 0.433 e. The Morgan fingerprint density at radius 1 is 1.32 bits per heavy atom. The molecule has 1 atom stereocenters. The number of amides is 1. The van der Waals surface area contributed by atoms with Crippen LogP contribution >= 0.6 is 0 Å². The lowest BCUT2D eigenvalue weighted by atomic mass is 9.99. The molecule has 3 heterocycles. The number of carbonyl (C=O) groups excluding carboxylic acids is 1. The number of hydrogen-bond donors (Lipinski definition) is 3. The van der Waals surface area contributed by atoms with Gasteiger partial charge in [0.15, 0.2) is 0 Å². The first-order chi connectivity index (χ1) is 16.1. The van der Waals surface area contributed by atoms with Crippen molar-refractivity contribution in [3.8, 4) is 0 Å². The van der Waals surface area contributed by atoms with Gasteiger partial charge in [0.1, 0.15) is 17.3 Å². The molecule has 12 heteroatoms. The highest BCUT2D eigenvalue weighted by atomic mass is 19.4. The Balaban J connectivity index is 1.75. The maximum atomic E-state index is 15.0. The van der Waals surface area contributed by atoms with Gasteiger partial charge < -0.3 is 26.1 Å². The van der Waals surface area contributed by atoms with Gasteiger partial charge in [-0.2, -0.15) is 13.2 Å². The lowest BCUT2D eigenvalue weighted by Crippen LogP contribution is -2.37. The molecule has 0 unspecified atom stereocenters. The molecule has 2 aromatic heterocycles. The van der Waals surface area contributed by atoms with Crippen LogP contribution in [0.2, 0.25) is 0 Å². The van der Waals surface area contributed by atoms with E-state index in [1.54, 1.807) is 7.05 Å². The van der Waals surface area contributed by atoms with E-state index in [1.807, 2.05) is 0 Å². The van der Waals surface area contributed by atoms with E-state index >= 15 is 0 Å². The van der Waals surface area contributed by atoms with Crippen molar-refractivity contribution in [3.63, 3.8) is 0 Å². The van der Waals surface area contributed by atoms with Crippen LogP contribution in [0.5, 0.6) is 0 Å². The fourth-order valence-electron chi connectivity index (χ4n) is 4.00. The molecule has 1 aromatic carbocycles. The number of anilines is 2. The standard InChI is InChI=1S/C22H20F4N6O2/c1-29-19-13(7-27)11-5-12(14(23)6-15(11)31-20(19)28)21(33)32(2)17-9-34-8-16-10(17)3-4-18(30-16)22(24,25)26/h3-7,17,27,29H,8-9H2,1-2H3,(H2,28,31)/t17-/m1/s1. The first-order valence-corrected chi connectivity index (χ1v) is 10.1. The average molecular weight is 476 g/mol. The Bertz CT molecular complexity index is 1310. The van der Waals surface area contributed by atoms with Gasteiger partial charge in [-0.25, -0.2) is 14.4 Å². The molecule has 1 amide bonds. The molecule has 34 heavy (non-hydrogen) atoms. The van der Waals surface area contributed by atoms with Crippen LogP contribution in [0.1, 0.15) is 38.9 Å². The summed E-state index contributed by atoms with van der Waals surface area (Å²) in [7, 11) is 3.00. The number of ether oxygens (including phenoxy) is 1. The summed E-state index contributed by atoms with van der Waals surface area (Å²) >= 11 is 0. The molecule has 8 nitrogen and oxygen atoms in total. The third-order valence-corrected chi connectivity index (χ3v) is 5.73. The van der Waals surface area contributed by atoms with Crippen molar-refractivity contribution in [2.75, 3.05) is 31.8 Å². The van der Waals surface area contributed by atoms with E-state index in [1.165, 1.54) is 24.1 Å². The van der Waals surface area contributed by atoms with Crippen LogP contribution in [0.25, 0.3) is 10.9 Å². The Labute approximate surface area is 191 Å². The number of aromatic nitrogens is 2. The Morgan fingerprint density at radius 2 is 2.06 bits per heavy atom. The smallest absolute Gasteiger partial charge is 0.385 e. The molecule has 1 aliphatic heterocycles. The van der Waals surface area contributed by atoms with Crippen molar-refractivity contribution >= 4 is 34.5 Å². The number of pyridine rings is 2. The Hall–Kier alpha value is -3.80. The summed E-state index contributed by atoms with van der Waals surface area (Å²) in [5, 5.41) is 10.9. The van der Waals surface area contributed by atoms with Crippen LogP contribution in [0.15, 0.2) is 24.3 Å². The van der Waals surface area contributed by atoms with E-state index < -0.39 is 29.6 Å². The SMILES string of the molecule is CNc1c(N)nc2cc(F)c(C(=O)N(C)[C@@H]3COCc4nc(C(F)(F)F)ccc43)cc2c1C=N. The minimum Gasteiger partial charge on any atom is -0.385 e. The summed E-state index contributed by atoms with van der Waals surface area (Å²) in [5.41, 5.74) is 5.85. The van der Waals surface area contributed by atoms with E-state index in [9.17, 15) is 22.4 Å². The van der Waals surface area contributed by atoms with Crippen LogP contribution in [0.3, 0.4) is 0 Å². The van der Waals surface area contributed by atoms with Gasteiger partial charge in [-0.1, -0.05) is 6.07 Å². The number of hydrogen-bond acceptors (Lipinski definition) is 7. The van der Waals surface area contributed by atoms with Crippen LogP contribution < -0.4 is 11.1 Å². The van der Waals surface area contributed by atoms with Crippen molar-refractivity contribution in [2.45, 2.75) is 18.8 Å². The summed E-state index contributed by atoms with van der Waals surface area (Å²) in [4.78, 5) is 22.3. The molecule has 0 radical (unpaired) electrons. The van der Waals surface area contributed by atoms with E-state index in [0.29, 0.717) is 22.2 Å². The van der Waals surface area contributed by atoms with Crippen molar-refractivity contribution in [3.05, 3.63) is 58.2 Å². The minimum absolute atomic E-state index is 0.00518. The zero-order valence-corrected chi connectivity index (χ0v) is 18.1. The van der Waals surface area contributed by atoms with Crippen LogP contribution in [-0.2, 0) is 17.5 Å². The first kappa shape index (κ1) is 23.4. The lowest BCUT2D eigenvalue weighted by Gasteiger charge is -2.33. The molecule has 0 aliphatic carbocycles. The number of likely N-dealkylation sites (N-methyl/N-ethyl adjacent to an activating group) is 1. The normalized spacial score (nSPS) is 15.6. The number of nitrogens with two attached hydrogens (primary N) is 1. The molecule has 3 aromatic rings. The van der Waals surface area contributed by atoms with Crippen molar-refractivity contribution < 1.29 is 27.1 Å². The Morgan fingerprint density at radius 3 is 2.71 bits per heavy atom. The zero-order valence-electron chi connectivity index (χ0n) is 18.1. The molecule has 0 saturated carbocycles. The molecule has 1 aliphatic rings. The highest BCUT2D eigenvalue weighted by Crippen LogP contribution is 2.35. The zero-order chi connectivity index (χ0) is 24.8. The van der Waals surface area contributed by atoms with Crippen LogP contribution in [0.4, 0.5) is 29.1 Å². The molecule has 0 fully saturated rings. The quantitative estimate of drug-likeness (QED) is 0.390. The van der Waals surface area contributed by atoms with Gasteiger partial charge >= 0.3 is 6.18 Å². The molecule has 0 saturated heterocycles. The molecular weight excluding hydrogens is 456 g/mol. The van der Waals surface area contributed by atoms with Crippen molar-refractivity contribution in [2.24, 2.45) is 0 Å². The lowest BCUT2D eigenvalue weighted by molar-refractivity contribution is -0.141. The summed E-state index contributed by atoms with van der Waals surface area (Å²) < 4.78 is 59.4. The third-order valence-electron chi connectivity index (χ3n) is 5.73. The molecule has 0 spiro atoms. The number of carbonyl (C=O) groups is 1. The number of nitrogen functional groups attached to an aromatic ring is 1. The van der Waals surface area contributed by atoms with Crippen LogP contribution in [0, 0.1) is 11.2 Å². The predicted octanol–water partition coefficient (Wildman–Crippen LogP) is 3.75. The van der Waals surface area contributed by atoms with Gasteiger partial charge in [0.05, 0.1) is 41.7 Å². The van der Waals surface area contributed by atoms with Gasteiger partial charge in [-0.15, -0.1) is 0 Å². The summed E-state index contributed by atoms with van der Waals surface area (Å²) in [6, 6.07) is 3.67. The predicted molar refractivity (Wildman–Crippen MR) is 117 cm³/mol. The van der Waals surface area contributed by atoms with E-state index in [4.69, 9.17) is 15.9 Å². The molecule has 4 N–H and O–H groups in total. The number of rotatable bonds is 4. The van der Waals surface area contributed by atoms with E-state index in [2.05, 4.69) is 15.3 Å². The highest BCUT2D eigenvalue weighted by molar-refractivity contribution is 6.08. The third kappa shape index (κ3) is 3.89. The monoisotopic (exact) mass is 476 g/mol. The summed E-state index contributed by atoms with van der Waals surface area (Å²) in [5.74, 6) is -1.50. The van der Waals surface area contributed by atoms with E-state index in [0.717, 1.165) is 18.3 Å². The molecule has 0 bridgehead atoms. The number of nitrogens with one attached hydrogen (secondary N) is 2. The summed E-state index contributed by atoms with van der Waals surface area (Å²) in [6.45, 7) is -0.129. The molecule has 4 rings (SSSR count). The van der Waals surface area contributed by atoms with E-state index in [-0.39, 0.29) is 35.8 Å². The van der Waals surface area contributed by atoms with Gasteiger partial charge in [0, 0.05) is 42.9 Å². The average Bonchev–Trinajstić information content (AvgIpc) is 2.80. The van der Waals surface area contributed by atoms with Crippen LogP contribution in [-0.4, -0.2) is 47.7 Å². The number of alkyl halides is 3. The second-order valence-corrected chi connectivity index (χ2v) is 7.71. The topological polar surface area (TPSA) is 117 Å². The molecular formula is C22H20F4N6O2. The van der Waals surface area contributed by atoms with Gasteiger partial charge in [-0.3, -0.25) is 4.79 Å². The number of nitrogens with zero attached hydrogens (tertiary/aromatic N) is 3. The van der Waals surface area contributed by atoms with Gasteiger partial charge in [0.25, 0.3) is 5.91 Å².